The summed E-state index contributed by atoms with van der Waals surface area (Å²) in [7, 11) is 0. The molecule has 0 unspecified atom stereocenters. The van der Waals surface area contributed by atoms with E-state index >= 15 is 0 Å². The molecule has 1 amide bonds. The third kappa shape index (κ3) is 3.62. The molecule has 0 aliphatic carbocycles. The Morgan fingerprint density at radius 2 is 1.85 bits per heavy atom. The lowest BCUT2D eigenvalue weighted by Crippen LogP contribution is -2.41. The van der Waals surface area contributed by atoms with Crippen molar-refractivity contribution in [1.82, 2.24) is 9.47 Å². The van der Waals surface area contributed by atoms with Crippen LogP contribution in [-0.2, 0) is 0 Å². The summed E-state index contributed by atoms with van der Waals surface area (Å²) in [5.41, 5.74) is 2.22. The average Bonchev–Trinajstić information content (AvgIpc) is 3.14. The largest absolute Gasteiger partial charge is 0.490 e. The van der Waals surface area contributed by atoms with Gasteiger partial charge in [0.25, 0.3) is 0 Å². The second kappa shape index (κ2) is 7.56. The minimum absolute atomic E-state index is 0.0513. The van der Waals surface area contributed by atoms with E-state index in [1.165, 1.54) is 9.80 Å². The van der Waals surface area contributed by atoms with Gasteiger partial charge >= 0.3 is 6.09 Å². The predicted octanol–water partition coefficient (Wildman–Crippen LogP) is 4.87. The van der Waals surface area contributed by atoms with Gasteiger partial charge in [-0.25, -0.2) is 4.79 Å². The summed E-state index contributed by atoms with van der Waals surface area (Å²) in [4.78, 5) is 13.7. The van der Waals surface area contributed by atoms with E-state index in [1.54, 1.807) is 11.8 Å². The van der Waals surface area contributed by atoms with Crippen LogP contribution < -0.4 is 4.74 Å². The molecule has 6 heteroatoms. The second-order valence-electron chi connectivity index (χ2n) is 6.66. The van der Waals surface area contributed by atoms with Crippen LogP contribution in [0.2, 0.25) is 0 Å². The Hall–Kier alpha value is -2.60. The van der Waals surface area contributed by atoms with Crippen LogP contribution in [0.1, 0.15) is 12.8 Å². The maximum absolute atomic E-state index is 11.1. The van der Waals surface area contributed by atoms with E-state index < -0.39 is 6.09 Å². The van der Waals surface area contributed by atoms with E-state index in [2.05, 4.69) is 53.4 Å². The first-order valence-electron chi connectivity index (χ1n) is 9.05. The highest BCUT2D eigenvalue weighted by atomic mass is 32.2. The van der Waals surface area contributed by atoms with E-state index in [9.17, 15) is 4.79 Å². The zero-order valence-corrected chi connectivity index (χ0v) is 16.0. The van der Waals surface area contributed by atoms with E-state index in [0.29, 0.717) is 13.1 Å². The smallest absolute Gasteiger partial charge is 0.407 e. The first kappa shape index (κ1) is 17.8. The number of nitrogens with zero attached hydrogens (tertiary/aromatic N) is 2. The fourth-order valence-corrected chi connectivity index (χ4v) is 3.96. The molecule has 0 radical (unpaired) electrons. The molecule has 27 heavy (non-hydrogen) atoms. The lowest BCUT2D eigenvalue weighted by atomic mass is 10.1. The number of piperidine rings is 1. The van der Waals surface area contributed by atoms with Gasteiger partial charge in [0.15, 0.2) is 0 Å². The molecule has 1 saturated heterocycles. The van der Waals surface area contributed by atoms with Gasteiger partial charge in [-0.2, -0.15) is 0 Å². The summed E-state index contributed by atoms with van der Waals surface area (Å²) < 4.78 is 8.41. The van der Waals surface area contributed by atoms with Crippen molar-refractivity contribution in [2.24, 2.45) is 0 Å². The summed E-state index contributed by atoms with van der Waals surface area (Å²) in [6.45, 7) is 1.05. The van der Waals surface area contributed by atoms with Crippen LogP contribution in [0.4, 0.5) is 4.79 Å². The molecule has 1 aliphatic rings. The van der Waals surface area contributed by atoms with Gasteiger partial charge in [-0.3, -0.25) is 0 Å². The molecule has 0 atom stereocenters. The van der Waals surface area contributed by atoms with Crippen molar-refractivity contribution in [3.63, 3.8) is 0 Å². The second-order valence-corrected chi connectivity index (χ2v) is 7.54. The van der Waals surface area contributed by atoms with Crippen molar-refractivity contribution in [2.45, 2.75) is 23.8 Å². The van der Waals surface area contributed by atoms with Crippen LogP contribution in [0.3, 0.4) is 0 Å². The number of benzene rings is 2. The highest BCUT2D eigenvalue weighted by Gasteiger charge is 2.24. The van der Waals surface area contributed by atoms with E-state index in [-0.39, 0.29) is 6.10 Å². The minimum Gasteiger partial charge on any atom is -0.490 e. The van der Waals surface area contributed by atoms with Gasteiger partial charge in [-0.1, -0.05) is 6.07 Å². The van der Waals surface area contributed by atoms with Gasteiger partial charge < -0.3 is 19.3 Å². The number of ether oxygens (including phenoxy) is 1. The molecule has 0 bridgehead atoms. The number of rotatable bonds is 4. The number of amides is 1. The van der Waals surface area contributed by atoms with Crippen molar-refractivity contribution >= 4 is 28.8 Å². The van der Waals surface area contributed by atoms with E-state index in [1.807, 2.05) is 12.1 Å². The zero-order valence-electron chi connectivity index (χ0n) is 15.2. The SMILES string of the molecule is CSc1ccc(-n2ccc3c(OC4CCN(C(=O)O)CC4)cccc32)cc1. The highest BCUT2D eigenvalue weighted by Crippen LogP contribution is 2.31. The molecule has 140 valence electrons. The molecule has 1 aromatic heterocycles. The Bertz CT molecular complexity index is 944. The summed E-state index contributed by atoms with van der Waals surface area (Å²) in [5.74, 6) is 0.862. The standard InChI is InChI=1S/C21H22N2O3S/c1-27-17-7-5-15(6-8-17)23-14-11-18-19(23)3-2-4-20(18)26-16-9-12-22(13-10-16)21(24)25/h2-8,11,14,16H,9-10,12-13H2,1H3,(H,24,25). The Kier molecular flexibility index (Phi) is 4.99. The van der Waals surface area contributed by atoms with Crippen LogP contribution in [0.25, 0.3) is 16.6 Å². The number of hydrogen-bond acceptors (Lipinski definition) is 3. The number of aromatic nitrogens is 1. The van der Waals surface area contributed by atoms with Gasteiger partial charge in [0.05, 0.1) is 5.52 Å². The number of carbonyl (C=O) groups is 1. The average molecular weight is 382 g/mol. The molecule has 1 N–H and O–H groups in total. The van der Waals surface area contributed by atoms with Crippen LogP contribution in [0, 0.1) is 0 Å². The normalized spacial score (nSPS) is 15.2. The molecule has 2 aromatic carbocycles. The first-order chi connectivity index (χ1) is 13.2. The van der Waals surface area contributed by atoms with E-state index in [4.69, 9.17) is 9.84 Å². The zero-order chi connectivity index (χ0) is 18.8. The number of thioether (sulfide) groups is 1. The number of hydrogen-bond donors (Lipinski definition) is 1. The highest BCUT2D eigenvalue weighted by molar-refractivity contribution is 7.98. The summed E-state index contributed by atoms with van der Waals surface area (Å²) in [6.07, 6.45) is 4.79. The predicted molar refractivity (Wildman–Crippen MR) is 108 cm³/mol. The van der Waals surface area contributed by atoms with Crippen LogP contribution >= 0.6 is 11.8 Å². The van der Waals surface area contributed by atoms with Crippen molar-refractivity contribution in [3.05, 3.63) is 54.7 Å². The fraction of sp³-hybridized carbons (Fsp3) is 0.286. The Labute approximate surface area is 162 Å². The molecular weight excluding hydrogens is 360 g/mol. The molecule has 4 rings (SSSR count). The lowest BCUT2D eigenvalue weighted by Gasteiger charge is -2.30. The third-order valence-corrected chi connectivity index (χ3v) is 5.79. The van der Waals surface area contributed by atoms with Gasteiger partial charge in [0.2, 0.25) is 0 Å². The van der Waals surface area contributed by atoms with Gasteiger partial charge in [0, 0.05) is 48.1 Å². The minimum atomic E-state index is -0.847. The van der Waals surface area contributed by atoms with E-state index in [0.717, 1.165) is 35.2 Å². The molecule has 3 aromatic rings. The van der Waals surface area contributed by atoms with Gasteiger partial charge in [-0.15, -0.1) is 11.8 Å². The molecule has 0 spiro atoms. The third-order valence-electron chi connectivity index (χ3n) is 5.05. The Balaban J connectivity index is 1.56. The maximum atomic E-state index is 11.1. The lowest BCUT2D eigenvalue weighted by molar-refractivity contribution is 0.0902. The van der Waals surface area contributed by atoms with Crippen molar-refractivity contribution in [2.75, 3.05) is 19.3 Å². The molecule has 0 saturated carbocycles. The first-order valence-corrected chi connectivity index (χ1v) is 10.3. The Morgan fingerprint density at radius 1 is 1.11 bits per heavy atom. The number of fused-ring (bicyclic) bond motifs is 1. The summed E-state index contributed by atoms with van der Waals surface area (Å²) >= 11 is 1.73. The van der Waals surface area contributed by atoms with Crippen LogP contribution in [0.15, 0.2) is 59.6 Å². The van der Waals surface area contributed by atoms with Crippen LogP contribution in [-0.4, -0.2) is 46.1 Å². The van der Waals surface area contributed by atoms with Crippen molar-refractivity contribution in [3.8, 4) is 11.4 Å². The molecule has 2 heterocycles. The van der Waals surface area contributed by atoms with Crippen molar-refractivity contribution in [1.29, 1.82) is 0 Å². The molecule has 5 nitrogen and oxygen atoms in total. The number of carboxylic acid groups (broad SMARTS) is 1. The number of likely N-dealkylation sites (tertiary alicyclic amines) is 1. The van der Waals surface area contributed by atoms with Crippen molar-refractivity contribution < 1.29 is 14.6 Å². The monoisotopic (exact) mass is 382 g/mol. The molecule has 1 fully saturated rings. The fourth-order valence-electron chi connectivity index (χ4n) is 3.55. The topological polar surface area (TPSA) is 54.7 Å². The summed E-state index contributed by atoms with van der Waals surface area (Å²) in [6, 6.07) is 16.7. The maximum Gasteiger partial charge on any atom is 0.407 e. The summed E-state index contributed by atoms with van der Waals surface area (Å²) in [5, 5.41) is 10.2. The van der Waals surface area contributed by atoms with Crippen LogP contribution in [0.5, 0.6) is 5.75 Å². The Morgan fingerprint density at radius 3 is 2.52 bits per heavy atom. The molecule has 1 aliphatic heterocycles. The quantitative estimate of drug-likeness (QED) is 0.654. The molecular formula is C21H22N2O3S. The van der Waals surface area contributed by atoms with Gasteiger partial charge in [-0.05, 0) is 48.7 Å². The van der Waals surface area contributed by atoms with Gasteiger partial charge in [0.1, 0.15) is 11.9 Å².